The van der Waals surface area contributed by atoms with Gasteiger partial charge in [-0.1, -0.05) is 18.6 Å². The van der Waals surface area contributed by atoms with Gasteiger partial charge in [0.25, 0.3) is 5.91 Å². The molecule has 3 aromatic rings. The lowest BCUT2D eigenvalue weighted by Crippen LogP contribution is -2.42. The monoisotopic (exact) mass is 415 g/mol. The number of nitrogens with zero attached hydrogens (tertiary/aromatic N) is 5. The number of H-pyrrole nitrogens is 1. The Hall–Kier alpha value is -2.79. The summed E-state index contributed by atoms with van der Waals surface area (Å²) >= 11 is 1.28. The maximum absolute atomic E-state index is 11.7. The number of hydrogen-bond acceptors (Lipinski definition) is 9. The van der Waals surface area contributed by atoms with E-state index in [1.165, 1.54) is 11.3 Å². The molecule has 11 heteroatoms. The second-order valence-corrected chi connectivity index (χ2v) is 8.25. The molecule has 29 heavy (non-hydrogen) atoms. The molecule has 0 saturated carbocycles. The number of thiophene rings is 1. The van der Waals surface area contributed by atoms with Gasteiger partial charge < -0.3 is 21.7 Å². The van der Waals surface area contributed by atoms with E-state index in [4.69, 9.17) is 16.5 Å². The fourth-order valence-electron chi connectivity index (χ4n) is 3.80. The molecule has 3 aromatic heterocycles. The molecule has 0 atom stereocenters. The predicted molar refractivity (Wildman–Crippen MR) is 113 cm³/mol. The number of aryl methyl sites for hydroxylation is 1. The first-order chi connectivity index (χ1) is 14.1. The fraction of sp³-hybridized carbons (Fsp3) is 0.500. The predicted octanol–water partition coefficient (Wildman–Crippen LogP) is 1.20. The first-order valence-corrected chi connectivity index (χ1v) is 10.6. The number of rotatable bonds is 7. The number of piperidine rings is 1. The zero-order valence-corrected chi connectivity index (χ0v) is 17.1. The van der Waals surface area contributed by atoms with Gasteiger partial charge in [0.2, 0.25) is 0 Å². The van der Waals surface area contributed by atoms with Crippen molar-refractivity contribution in [2.24, 2.45) is 5.73 Å². The second-order valence-electron chi connectivity index (χ2n) is 7.25. The molecule has 1 aliphatic rings. The number of aromatic nitrogens is 5. The zero-order valence-electron chi connectivity index (χ0n) is 16.3. The molecule has 4 heterocycles. The highest BCUT2D eigenvalue weighted by atomic mass is 32.1. The number of amides is 1. The molecule has 10 nitrogen and oxygen atoms in total. The van der Waals surface area contributed by atoms with Crippen molar-refractivity contribution in [1.29, 1.82) is 0 Å². The van der Waals surface area contributed by atoms with Crippen LogP contribution in [0, 0.1) is 0 Å². The number of nitrogen functional groups attached to an aromatic ring is 1. The summed E-state index contributed by atoms with van der Waals surface area (Å²) in [4.78, 5) is 20.0. The van der Waals surface area contributed by atoms with E-state index in [9.17, 15) is 4.79 Å². The Bertz CT molecular complexity index is 993. The van der Waals surface area contributed by atoms with Crippen LogP contribution >= 0.6 is 11.3 Å². The van der Waals surface area contributed by atoms with Gasteiger partial charge in [-0.15, -0.1) is 21.5 Å². The van der Waals surface area contributed by atoms with Gasteiger partial charge in [-0.3, -0.25) is 4.79 Å². The molecular weight excluding hydrogens is 390 g/mol. The first-order valence-electron chi connectivity index (χ1n) is 9.79. The van der Waals surface area contributed by atoms with E-state index in [1.54, 1.807) is 0 Å². The number of aromatic amines is 1. The summed E-state index contributed by atoms with van der Waals surface area (Å²) in [6, 6.07) is 2.52. The van der Waals surface area contributed by atoms with E-state index in [0.717, 1.165) is 60.4 Å². The van der Waals surface area contributed by atoms with Crippen LogP contribution in [0.4, 0.5) is 11.5 Å². The lowest BCUT2D eigenvalue weighted by molar-refractivity contribution is 0.100. The van der Waals surface area contributed by atoms with E-state index in [2.05, 4.69) is 43.8 Å². The van der Waals surface area contributed by atoms with Crippen LogP contribution < -0.4 is 21.7 Å². The Kier molecular flexibility index (Phi) is 5.58. The molecule has 6 N–H and O–H groups in total. The van der Waals surface area contributed by atoms with Crippen LogP contribution in [-0.4, -0.2) is 50.6 Å². The van der Waals surface area contributed by atoms with Crippen molar-refractivity contribution in [3.8, 4) is 0 Å². The Morgan fingerprint density at radius 2 is 2.21 bits per heavy atom. The summed E-state index contributed by atoms with van der Waals surface area (Å²) in [5.74, 6) is 1.11. The van der Waals surface area contributed by atoms with Crippen LogP contribution in [0.1, 0.15) is 47.2 Å². The zero-order chi connectivity index (χ0) is 20.4. The highest BCUT2D eigenvalue weighted by Crippen LogP contribution is 2.37. The van der Waals surface area contributed by atoms with Gasteiger partial charge >= 0.3 is 0 Å². The van der Waals surface area contributed by atoms with Gasteiger partial charge in [0.15, 0.2) is 5.82 Å². The fourth-order valence-corrected chi connectivity index (χ4v) is 4.79. The van der Waals surface area contributed by atoms with E-state index in [-0.39, 0.29) is 0 Å². The number of hydrogen-bond donors (Lipinski definition) is 4. The lowest BCUT2D eigenvalue weighted by atomic mass is 10.0. The third-order valence-electron chi connectivity index (χ3n) is 5.27. The molecule has 0 bridgehead atoms. The van der Waals surface area contributed by atoms with Crippen molar-refractivity contribution in [2.45, 2.75) is 45.2 Å². The SMILES string of the molecule is CCCc1cc(N2CCC(NCc3nn[nH]n3)CC2)nc2sc(C(N)=O)c(N)c12. The molecule has 1 fully saturated rings. The van der Waals surface area contributed by atoms with E-state index in [1.807, 2.05) is 0 Å². The molecular formula is C18H25N9OS. The maximum atomic E-state index is 11.7. The van der Waals surface area contributed by atoms with Crippen LogP contribution in [-0.2, 0) is 13.0 Å². The number of pyridine rings is 1. The van der Waals surface area contributed by atoms with E-state index in [0.29, 0.717) is 29.0 Å². The topological polar surface area (TPSA) is 152 Å². The summed E-state index contributed by atoms with van der Waals surface area (Å²) < 4.78 is 0. The summed E-state index contributed by atoms with van der Waals surface area (Å²) in [6.45, 7) is 4.54. The minimum Gasteiger partial charge on any atom is -0.397 e. The maximum Gasteiger partial charge on any atom is 0.260 e. The minimum atomic E-state index is -0.497. The number of fused-ring (bicyclic) bond motifs is 1. The lowest BCUT2D eigenvalue weighted by Gasteiger charge is -2.33. The van der Waals surface area contributed by atoms with Crippen LogP contribution in [0.5, 0.6) is 0 Å². The number of primary amides is 1. The number of tetrazole rings is 1. The molecule has 0 aromatic carbocycles. The molecule has 0 radical (unpaired) electrons. The third-order valence-corrected chi connectivity index (χ3v) is 6.38. The number of anilines is 2. The molecule has 1 aliphatic heterocycles. The average molecular weight is 416 g/mol. The summed E-state index contributed by atoms with van der Waals surface area (Å²) in [6.07, 6.45) is 3.87. The highest BCUT2D eigenvalue weighted by molar-refractivity contribution is 7.21. The highest BCUT2D eigenvalue weighted by Gasteiger charge is 2.23. The number of carbonyl (C=O) groups is 1. The van der Waals surface area contributed by atoms with Gasteiger partial charge in [-0.25, -0.2) is 4.98 Å². The van der Waals surface area contributed by atoms with Gasteiger partial charge in [0.1, 0.15) is 15.5 Å². The second kappa shape index (κ2) is 8.29. The molecule has 0 aliphatic carbocycles. The summed E-state index contributed by atoms with van der Waals surface area (Å²) in [5, 5.41) is 18.3. The van der Waals surface area contributed by atoms with Crippen molar-refractivity contribution in [3.63, 3.8) is 0 Å². The van der Waals surface area contributed by atoms with Crippen molar-refractivity contribution in [3.05, 3.63) is 22.3 Å². The number of nitrogens with two attached hydrogens (primary N) is 2. The van der Waals surface area contributed by atoms with E-state index < -0.39 is 5.91 Å². The van der Waals surface area contributed by atoms with Crippen LogP contribution in [0.3, 0.4) is 0 Å². The van der Waals surface area contributed by atoms with Crippen molar-refractivity contribution in [1.82, 2.24) is 30.9 Å². The molecule has 1 amide bonds. The molecule has 0 unspecified atom stereocenters. The molecule has 4 rings (SSSR count). The average Bonchev–Trinajstić information content (AvgIpc) is 3.35. The van der Waals surface area contributed by atoms with Crippen molar-refractivity contribution < 1.29 is 4.79 Å². The summed E-state index contributed by atoms with van der Waals surface area (Å²) in [5.41, 5.74) is 13.3. The quantitative estimate of drug-likeness (QED) is 0.449. The third kappa shape index (κ3) is 4.01. The van der Waals surface area contributed by atoms with Gasteiger partial charge in [0.05, 0.1) is 12.2 Å². The van der Waals surface area contributed by atoms with Gasteiger partial charge in [-0.2, -0.15) is 5.21 Å². The Morgan fingerprint density at radius 1 is 1.41 bits per heavy atom. The van der Waals surface area contributed by atoms with Crippen LogP contribution in [0.15, 0.2) is 6.07 Å². The van der Waals surface area contributed by atoms with Gasteiger partial charge in [-0.05, 0) is 30.9 Å². The van der Waals surface area contributed by atoms with Crippen LogP contribution in [0.25, 0.3) is 10.2 Å². The van der Waals surface area contributed by atoms with Gasteiger partial charge in [0, 0.05) is 24.5 Å². The largest absolute Gasteiger partial charge is 0.397 e. The van der Waals surface area contributed by atoms with Crippen molar-refractivity contribution in [2.75, 3.05) is 23.7 Å². The summed E-state index contributed by atoms with van der Waals surface area (Å²) in [7, 11) is 0. The number of carbonyl (C=O) groups excluding carboxylic acids is 1. The van der Waals surface area contributed by atoms with Crippen molar-refractivity contribution >= 4 is 39.0 Å². The smallest absolute Gasteiger partial charge is 0.260 e. The minimum absolute atomic E-state index is 0.395. The van der Waals surface area contributed by atoms with E-state index >= 15 is 0 Å². The molecule has 154 valence electrons. The Labute approximate surface area is 172 Å². The normalized spacial score (nSPS) is 15.3. The first kappa shape index (κ1) is 19.5. The Balaban J connectivity index is 1.51. The van der Waals surface area contributed by atoms with Crippen LogP contribution in [0.2, 0.25) is 0 Å². The molecule has 0 spiro atoms. The standard InChI is InChI=1S/C18H25N9OS/c1-2-3-10-8-13(22-18-14(10)15(19)16(29-18)17(20)28)27-6-4-11(5-7-27)21-9-12-23-25-26-24-12/h8,11,21H,2-7,9,19H2,1H3,(H2,20,28)(H,23,24,25,26). The Morgan fingerprint density at radius 3 is 2.86 bits per heavy atom. The number of nitrogens with one attached hydrogen (secondary N) is 2. The molecule has 1 saturated heterocycles.